The highest BCUT2D eigenvalue weighted by atomic mass is 16.6. The zero-order valence-corrected chi connectivity index (χ0v) is 36.0. The average Bonchev–Trinajstić information content (AvgIpc) is 3.17. The van der Waals surface area contributed by atoms with E-state index < -0.39 is 6.10 Å². The van der Waals surface area contributed by atoms with Gasteiger partial charge in [-0.2, -0.15) is 0 Å². The predicted molar refractivity (Wildman–Crippen MR) is 233 cm³/mol. The van der Waals surface area contributed by atoms with Gasteiger partial charge in [-0.05, 0) is 77.0 Å². The first-order valence-corrected chi connectivity index (χ1v) is 23.2. The summed E-state index contributed by atoms with van der Waals surface area (Å²) in [5, 5.41) is 0. The van der Waals surface area contributed by atoms with Gasteiger partial charge >= 0.3 is 11.9 Å². The maximum atomic E-state index is 12.6. The van der Waals surface area contributed by atoms with E-state index >= 15 is 0 Å². The van der Waals surface area contributed by atoms with Gasteiger partial charge in [-0.25, -0.2) is 0 Å². The van der Waals surface area contributed by atoms with Crippen LogP contribution in [0.4, 0.5) is 0 Å². The Balaban J connectivity index is 4.16. The molecule has 0 rings (SSSR count). The summed E-state index contributed by atoms with van der Waals surface area (Å²) >= 11 is 0. The number of allylic oxidation sites excluding steroid dienone is 8. The molecule has 0 spiro atoms. The number of carbonyl (C=O) groups is 2. The van der Waals surface area contributed by atoms with Crippen LogP contribution in [0, 0.1) is 0 Å². The molecule has 0 aromatic rings. The summed E-state index contributed by atoms with van der Waals surface area (Å²) in [7, 11) is 0. The Morgan fingerprint density at radius 2 is 0.833 bits per heavy atom. The molecular weight excluding hydrogens is 669 g/mol. The number of ether oxygens (including phenoxy) is 3. The molecule has 0 heterocycles. The Kier molecular flexibility index (Phi) is 43.5. The van der Waals surface area contributed by atoms with Crippen LogP contribution < -0.4 is 0 Å². The lowest BCUT2D eigenvalue weighted by Crippen LogP contribution is -2.30. The molecule has 0 aliphatic carbocycles. The Morgan fingerprint density at radius 1 is 0.426 bits per heavy atom. The van der Waals surface area contributed by atoms with Gasteiger partial charge < -0.3 is 14.2 Å². The van der Waals surface area contributed by atoms with E-state index in [0.29, 0.717) is 19.4 Å². The van der Waals surface area contributed by atoms with Crippen molar-refractivity contribution in [3.63, 3.8) is 0 Å². The average molecular weight is 757 g/mol. The van der Waals surface area contributed by atoms with Gasteiger partial charge in [-0.1, -0.05) is 185 Å². The molecule has 0 radical (unpaired) electrons. The normalized spacial score (nSPS) is 12.6. The molecule has 0 aliphatic heterocycles. The van der Waals surface area contributed by atoms with Crippen LogP contribution in [0.3, 0.4) is 0 Å². The molecular formula is C49H88O5. The van der Waals surface area contributed by atoms with Crippen LogP contribution in [0.15, 0.2) is 48.6 Å². The minimum Gasteiger partial charge on any atom is -0.462 e. The standard InChI is InChI=1S/C49H88O5/c1-4-7-10-13-16-18-20-22-23-24-25-26-28-30-32-35-38-41-44-52-45-47(54-49(51)43-40-37-33-15-12-9-6-3)46-53-48(50)42-39-36-34-31-29-27-21-19-17-14-11-8-5-2/h8,11,17,19,22-23,27,29,47H,4-7,9-10,12-16,18,20-21,24-26,28,30-46H2,1-3H3/b11-8-,19-17-,23-22-,29-27-. The van der Waals surface area contributed by atoms with Gasteiger partial charge in [0, 0.05) is 19.4 Å². The second-order valence-electron chi connectivity index (χ2n) is 15.3. The van der Waals surface area contributed by atoms with Crippen LogP contribution in [0.25, 0.3) is 0 Å². The van der Waals surface area contributed by atoms with E-state index in [2.05, 4.69) is 69.4 Å². The molecule has 5 nitrogen and oxygen atoms in total. The second-order valence-corrected chi connectivity index (χ2v) is 15.3. The van der Waals surface area contributed by atoms with E-state index in [1.165, 1.54) is 122 Å². The molecule has 54 heavy (non-hydrogen) atoms. The van der Waals surface area contributed by atoms with E-state index in [-0.39, 0.29) is 25.2 Å². The summed E-state index contributed by atoms with van der Waals surface area (Å²) in [5.41, 5.74) is 0. The minimum absolute atomic E-state index is 0.0704. The van der Waals surface area contributed by atoms with E-state index in [4.69, 9.17) is 14.2 Å². The molecule has 1 unspecified atom stereocenters. The highest BCUT2D eigenvalue weighted by Gasteiger charge is 2.17. The molecule has 0 saturated carbocycles. The predicted octanol–water partition coefficient (Wildman–Crippen LogP) is 15.2. The summed E-state index contributed by atoms with van der Waals surface area (Å²) in [6.45, 7) is 7.65. The number of rotatable bonds is 42. The van der Waals surface area contributed by atoms with Crippen molar-refractivity contribution in [1.82, 2.24) is 0 Å². The van der Waals surface area contributed by atoms with E-state index in [0.717, 1.165) is 70.6 Å². The van der Waals surface area contributed by atoms with Gasteiger partial charge in [0.2, 0.25) is 0 Å². The van der Waals surface area contributed by atoms with E-state index in [1.807, 2.05) is 0 Å². The SMILES string of the molecule is CC/C=C\C/C=C\C/C=C\CCCCCC(=O)OCC(COCCCCCCCCCC/C=C\CCCCCCCC)OC(=O)CCCCCCCCC. The summed E-state index contributed by atoms with van der Waals surface area (Å²) in [6.07, 6.45) is 54.1. The van der Waals surface area contributed by atoms with Crippen molar-refractivity contribution in [2.45, 2.75) is 232 Å². The second kappa shape index (κ2) is 45.3. The zero-order valence-electron chi connectivity index (χ0n) is 36.0. The van der Waals surface area contributed by atoms with Gasteiger partial charge in [0.15, 0.2) is 6.10 Å². The van der Waals surface area contributed by atoms with Crippen LogP contribution in [0.2, 0.25) is 0 Å². The van der Waals surface area contributed by atoms with Crippen LogP contribution in [0.5, 0.6) is 0 Å². The monoisotopic (exact) mass is 757 g/mol. The molecule has 1 atom stereocenters. The minimum atomic E-state index is -0.543. The van der Waals surface area contributed by atoms with Crippen LogP contribution in [-0.4, -0.2) is 37.9 Å². The molecule has 0 N–H and O–H groups in total. The lowest BCUT2D eigenvalue weighted by molar-refractivity contribution is -0.163. The summed E-state index contributed by atoms with van der Waals surface area (Å²) in [6, 6.07) is 0. The lowest BCUT2D eigenvalue weighted by Gasteiger charge is -2.18. The fourth-order valence-corrected chi connectivity index (χ4v) is 6.40. The van der Waals surface area contributed by atoms with Gasteiger partial charge in [-0.3, -0.25) is 9.59 Å². The molecule has 5 heteroatoms. The maximum absolute atomic E-state index is 12.6. The van der Waals surface area contributed by atoms with Gasteiger partial charge in [0.05, 0.1) is 6.61 Å². The lowest BCUT2D eigenvalue weighted by atomic mass is 10.1. The summed E-state index contributed by atoms with van der Waals surface area (Å²) < 4.78 is 17.2. The molecule has 314 valence electrons. The van der Waals surface area contributed by atoms with Gasteiger partial charge in [0.1, 0.15) is 6.61 Å². The highest BCUT2D eigenvalue weighted by Crippen LogP contribution is 2.13. The highest BCUT2D eigenvalue weighted by molar-refractivity contribution is 5.70. The third-order valence-corrected chi connectivity index (χ3v) is 9.85. The number of hydrogen-bond acceptors (Lipinski definition) is 5. The molecule has 0 aromatic heterocycles. The zero-order chi connectivity index (χ0) is 39.3. The van der Waals surface area contributed by atoms with Crippen LogP contribution in [-0.2, 0) is 23.8 Å². The largest absolute Gasteiger partial charge is 0.462 e. The van der Waals surface area contributed by atoms with Crippen molar-refractivity contribution in [1.29, 1.82) is 0 Å². The fourth-order valence-electron chi connectivity index (χ4n) is 6.40. The molecule has 0 aromatic carbocycles. The first-order chi connectivity index (χ1) is 26.6. The van der Waals surface area contributed by atoms with Gasteiger partial charge in [-0.15, -0.1) is 0 Å². The fraction of sp³-hybridized carbons (Fsp3) is 0.796. The quantitative estimate of drug-likeness (QED) is 0.0353. The van der Waals surface area contributed by atoms with Crippen LogP contribution >= 0.6 is 0 Å². The Labute approximate surface area is 335 Å². The molecule has 0 amide bonds. The number of hydrogen-bond donors (Lipinski definition) is 0. The van der Waals surface area contributed by atoms with Crippen molar-refractivity contribution in [3.05, 3.63) is 48.6 Å². The van der Waals surface area contributed by atoms with Crippen molar-refractivity contribution in [3.8, 4) is 0 Å². The molecule has 0 aliphatic rings. The topological polar surface area (TPSA) is 61.8 Å². The molecule has 0 saturated heterocycles. The molecule has 0 fully saturated rings. The third kappa shape index (κ3) is 42.6. The number of carbonyl (C=O) groups excluding carboxylic acids is 2. The first kappa shape index (κ1) is 51.9. The summed E-state index contributed by atoms with van der Waals surface area (Å²) in [4.78, 5) is 25.1. The van der Waals surface area contributed by atoms with Gasteiger partial charge in [0.25, 0.3) is 0 Å². The number of unbranched alkanes of at least 4 members (excludes halogenated alkanes) is 23. The smallest absolute Gasteiger partial charge is 0.306 e. The van der Waals surface area contributed by atoms with E-state index in [1.54, 1.807) is 0 Å². The Bertz CT molecular complexity index is 904. The Hall–Kier alpha value is -2.14. The number of esters is 2. The van der Waals surface area contributed by atoms with Crippen molar-refractivity contribution < 1.29 is 23.8 Å². The van der Waals surface area contributed by atoms with Crippen LogP contribution in [0.1, 0.15) is 226 Å². The van der Waals surface area contributed by atoms with Crippen molar-refractivity contribution >= 4 is 11.9 Å². The van der Waals surface area contributed by atoms with Crippen molar-refractivity contribution in [2.24, 2.45) is 0 Å². The van der Waals surface area contributed by atoms with Crippen molar-refractivity contribution in [2.75, 3.05) is 19.8 Å². The Morgan fingerprint density at radius 3 is 1.37 bits per heavy atom. The maximum Gasteiger partial charge on any atom is 0.306 e. The van der Waals surface area contributed by atoms with E-state index in [9.17, 15) is 9.59 Å². The molecule has 0 bridgehead atoms. The first-order valence-electron chi connectivity index (χ1n) is 23.2. The third-order valence-electron chi connectivity index (χ3n) is 9.85. The summed E-state index contributed by atoms with van der Waals surface area (Å²) in [5.74, 6) is -0.435.